The molecule has 0 radical (unpaired) electrons. The van der Waals surface area contributed by atoms with E-state index in [9.17, 15) is 4.79 Å². The summed E-state index contributed by atoms with van der Waals surface area (Å²) in [4.78, 5) is 10.8. The average molecular weight is 193 g/mol. The summed E-state index contributed by atoms with van der Waals surface area (Å²) >= 11 is 0. The lowest BCUT2D eigenvalue weighted by molar-refractivity contribution is 0.0697. The number of carboxylic acid groups (broad SMARTS) is 1. The van der Waals surface area contributed by atoms with Crippen molar-refractivity contribution in [2.75, 3.05) is 5.01 Å². The number of benzene rings is 1. The maximum Gasteiger partial charge on any atom is 0.337 e. The molecule has 0 amide bonds. The van der Waals surface area contributed by atoms with E-state index in [2.05, 4.69) is 0 Å². The second-order valence-electron chi connectivity index (χ2n) is 2.57. The molecule has 0 saturated heterocycles. The van der Waals surface area contributed by atoms with Gasteiger partial charge < -0.3 is 10.8 Å². The Kier molecular flexibility index (Phi) is 3.09. The van der Waals surface area contributed by atoms with Crippen molar-refractivity contribution in [3.05, 3.63) is 42.2 Å². The number of nitrogens with zero attached hydrogens (tertiary/aromatic N) is 1. The van der Waals surface area contributed by atoms with Crippen molar-refractivity contribution in [1.29, 1.82) is 0 Å². The van der Waals surface area contributed by atoms with Gasteiger partial charge in [0, 0.05) is 12.4 Å². The molecule has 1 aromatic carbocycles. The van der Waals surface area contributed by atoms with Crippen LogP contribution in [0, 0.1) is 0 Å². The molecule has 0 heterocycles. The first-order chi connectivity index (χ1) is 6.66. The lowest BCUT2D eigenvalue weighted by Crippen LogP contribution is -2.26. The quantitative estimate of drug-likeness (QED) is 0.480. The molecule has 0 fully saturated rings. The second-order valence-corrected chi connectivity index (χ2v) is 2.57. The highest BCUT2D eigenvalue weighted by Gasteiger charge is 2.10. The molecular formula is C9H11N3O2. The molecule has 0 bridgehead atoms. The van der Waals surface area contributed by atoms with Crippen molar-refractivity contribution in [2.45, 2.75) is 0 Å². The number of carboxylic acids is 1. The van der Waals surface area contributed by atoms with Crippen LogP contribution in [0.4, 0.5) is 5.69 Å². The maximum atomic E-state index is 10.8. The van der Waals surface area contributed by atoms with Crippen LogP contribution in [0.25, 0.3) is 0 Å². The highest BCUT2D eigenvalue weighted by atomic mass is 16.4. The van der Waals surface area contributed by atoms with E-state index in [1.54, 1.807) is 18.2 Å². The number of hydrazine groups is 1. The predicted molar refractivity (Wildman–Crippen MR) is 53.4 cm³/mol. The number of hydrogen-bond acceptors (Lipinski definition) is 4. The van der Waals surface area contributed by atoms with Crippen molar-refractivity contribution in [3.63, 3.8) is 0 Å². The summed E-state index contributed by atoms with van der Waals surface area (Å²) in [5.41, 5.74) is 5.67. The molecule has 0 atom stereocenters. The van der Waals surface area contributed by atoms with E-state index >= 15 is 0 Å². The number of aromatic carboxylic acids is 1. The van der Waals surface area contributed by atoms with Crippen LogP contribution in [-0.2, 0) is 0 Å². The predicted octanol–water partition coefficient (Wildman–Crippen LogP) is 0.495. The fourth-order valence-electron chi connectivity index (χ4n) is 1.05. The Balaban J connectivity index is 3.12. The van der Waals surface area contributed by atoms with Crippen LogP contribution in [0.15, 0.2) is 36.7 Å². The van der Waals surface area contributed by atoms with E-state index in [1.807, 2.05) is 0 Å². The molecule has 0 aliphatic carbocycles. The first kappa shape index (κ1) is 10.1. The van der Waals surface area contributed by atoms with Gasteiger partial charge in [-0.1, -0.05) is 12.1 Å². The fourth-order valence-corrected chi connectivity index (χ4v) is 1.05. The molecule has 1 rings (SSSR count). The van der Waals surface area contributed by atoms with Gasteiger partial charge in [0.1, 0.15) is 0 Å². The summed E-state index contributed by atoms with van der Waals surface area (Å²) in [5.74, 6) is 4.52. The van der Waals surface area contributed by atoms with Gasteiger partial charge in [-0.05, 0) is 12.1 Å². The van der Waals surface area contributed by atoms with Crippen molar-refractivity contribution in [1.82, 2.24) is 0 Å². The standard InChI is InChI=1S/C9H11N3O2/c10-5-6-12(11)8-4-2-1-3-7(8)9(13)14/h1-6H,10-11H2,(H,13,14)/b6-5-. The molecule has 0 aliphatic rings. The lowest BCUT2D eigenvalue weighted by Gasteiger charge is -2.15. The zero-order valence-electron chi connectivity index (χ0n) is 7.42. The highest BCUT2D eigenvalue weighted by molar-refractivity contribution is 5.94. The van der Waals surface area contributed by atoms with Gasteiger partial charge in [-0.2, -0.15) is 0 Å². The number of para-hydroxylation sites is 1. The Morgan fingerprint density at radius 1 is 1.43 bits per heavy atom. The van der Waals surface area contributed by atoms with Crippen LogP contribution < -0.4 is 16.6 Å². The third kappa shape index (κ3) is 2.02. The second kappa shape index (κ2) is 4.29. The molecule has 5 N–H and O–H groups in total. The average Bonchev–Trinajstić information content (AvgIpc) is 2.18. The van der Waals surface area contributed by atoms with Crippen LogP contribution in [0.5, 0.6) is 0 Å². The summed E-state index contributed by atoms with van der Waals surface area (Å²) in [5, 5.41) is 10.0. The number of nitrogens with two attached hydrogens (primary N) is 2. The van der Waals surface area contributed by atoms with E-state index in [1.165, 1.54) is 18.5 Å². The zero-order valence-corrected chi connectivity index (χ0v) is 7.42. The molecule has 0 aromatic heterocycles. The largest absolute Gasteiger partial charge is 0.478 e. The van der Waals surface area contributed by atoms with E-state index in [0.717, 1.165) is 5.01 Å². The summed E-state index contributed by atoms with van der Waals surface area (Å²) in [6.07, 6.45) is 2.61. The normalized spacial score (nSPS) is 10.4. The lowest BCUT2D eigenvalue weighted by atomic mass is 10.2. The van der Waals surface area contributed by atoms with Gasteiger partial charge >= 0.3 is 5.97 Å². The van der Waals surface area contributed by atoms with E-state index < -0.39 is 5.97 Å². The van der Waals surface area contributed by atoms with Crippen molar-refractivity contribution in [2.24, 2.45) is 11.6 Å². The summed E-state index contributed by atoms with van der Waals surface area (Å²) in [6.45, 7) is 0. The molecule has 0 aliphatic heterocycles. The smallest absolute Gasteiger partial charge is 0.337 e. The minimum atomic E-state index is -1.03. The third-order valence-corrected chi connectivity index (χ3v) is 1.66. The molecule has 1 aromatic rings. The Morgan fingerprint density at radius 2 is 2.07 bits per heavy atom. The Morgan fingerprint density at radius 3 is 2.64 bits per heavy atom. The van der Waals surface area contributed by atoms with Gasteiger partial charge in [0.15, 0.2) is 0 Å². The molecule has 74 valence electrons. The van der Waals surface area contributed by atoms with Crippen LogP contribution in [0.1, 0.15) is 10.4 Å². The van der Waals surface area contributed by atoms with Gasteiger partial charge in [-0.3, -0.25) is 5.01 Å². The molecular weight excluding hydrogens is 182 g/mol. The molecule has 14 heavy (non-hydrogen) atoms. The van der Waals surface area contributed by atoms with Crippen molar-refractivity contribution >= 4 is 11.7 Å². The first-order valence-electron chi connectivity index (χ1n) is 3.91. The van der Waals surface area contributed by atoms with Gasteiger partial charge in [-0.25, -0.2) is 10.6 Å². The van der Waals surface area contributed by atoms with Crippen LogP contribution in [0.2, 0.25) is 0 Å². The number of rotatable bonds is 3. The first-order valence-corrected chi connectivity index (χ1v) is 3.91. The summed E-state index contributed by atoms with van der Waals surface area (Å²) in [6, 6.07) is 6.41. The SMILES string of the molecule is N/C=C\N(N)c1ccccc1C(=O)O. The Labute approximate surface area is 81.2 Å². The Hall–Kier alpha value is -2.01. The van der Waals surface area contributed by atoms with E-state index in [4.69, 9.17) is 16.7 Å². The number of carbonyl (C=O) groups is 1. The highest BCUT2D eigenvalue weighted by Crippen LogP contribution is 2.17. The maximum absolute atomic E-state index is 10.8. The van der Waals surface area contributed by atoms with Gasteiger partial charge in [0.2, 0.25) is 0 Å². The van der Waals surface area contributed by atoms with Gasteiger partial charge in [0.25, 0.3) is 0 Å². The zero-order chi connectivity index (χ0) is 10.6. The molecule has 0 saturated carbocycles. The topological polar surface area (TPSA) is 92.6 Å². The molecule has 5 nitrogen and oxygen atoms in total. The van der Waals surface area contributed by atoms with Crippen LogP contribution >= 0.6 is 0 Å². The van der Waals surface area contributed by atoms with Gasteiger partial charge in [0.05, 0.1) is 11.3 Å². The molecule has 0 unspecified atom stereocenters. The third-order valence-electron chi connectivity index (χ3n) is 1.66. The monoisotopic (exact) mass is 193 g/mol. The minimum Gasteiger partial charge on any atom is -0.478 e. The number of anilines is 1. The number of hydrogen-bond donors (Lipinski definition) is 3. The Bertz CT molecular complexity index is 363. The molecule has 0 spiro atoms. The summed E-state index contributed by atoms with van der Waals surface area (Å²) < 4.78 is 0. The van der Waals surface area contributed by atoms with Crippen LogP contribution in [-0.4, -0.2) is 11.1 Å². The van der Waals surface area contributed by atoms with Gasteiger partial charge in [-0.15, -0.1) is 0 Å². The molecule has 5 heteroatoms. The van der Waals surface area contributed by atoms with Crippen molar-refractivity contribution in [3.8, 4) is 0 Å². The fraction of sp³-hybridized carbons (Fsp3) is 0. The van der Waals surface area contributed by atoms with E-state index in [0.29, 0.717) is 5.69 Å². The summed E-state index contributed by atoms with van der Waals surface area (Å²) in [7, 11) is 0. The van der Waals surface area contributed by atoms with Crippen molar-refractivity contribution < 1.29 is 9.90 Å². The van der Waals surface area contributed by atoms with E-state index in [-0.39, 0.29) is 5.56 Å². The van der Waals surface area contributed by atoms with Crippen LogP contribution in [0.3, 0.4) is 0 Å². The minimum absolute atomic E-state index is 0.133.